The third-order valence-electron chi connectivity index (χ3n) is 3.92. The van der Waals surface area contributed by atoms with Crippen molar-refractivity contribution in [3.63, 3.8) is 0 Å². The quantitative estimate of drug-likeness (QED) is 0.448. The van der Waals surface area contributed by atoms with Crippen LogP contribution in [0.5, 0.6) is 0 Å². The summed E-state index contributed by atoms with van der Waals surface area (Å²) in [5.74, 6) is 3.13. The summed E-state index contributed by atoms with van der Waals surface area (Å²) in [5.41, 5.74) is 0. The monoisotopic (exact) mass is 298 g/mol. The zero-order chi connectivity index (χ0) is 17.1. The smallest absolute Gasteiger partial charge is 0.0382 e. The Morgan fingerprint density at radius 3 is 1.76 bits per heavy atom. The summed E-state index contributed by atoms with van der Waals surface area (Å²) in [5, 5.41) is 0. The Labute approximate surface area is 137 Å². The molecule has 130 valence electrons. The molecule has 0 aromatic rings. The first kappa shape index (κ1) is 25.7. The van der Waals surface area contributed by atoms with E-state index >= 15 is 0 Å². The topological polar surface area (TPSA) is 0 Å². The molecular weight excluding hydrogens is 252 g/mol. The minimum Gasteiger partial charge on any atom is -0.103 e. The van der Waals surface area contributed by atoms with Crippen molar-refractivity contribution in [3.05, 3.63) is 12.7 Å². The summed E-state index contributed by atoms with van der Waals surface area (Å²) < 4.78 is 0. The molecule has 0 heteroatoms. The predicted molar refractivity (Wildman–Crippen MR) is 103 cm³/mol. The van der Waals surface area contributed by atoms with Crippen LogP contribution in [0, 0.1) is 17.8 Å². The third kappa shape index (κ3) is 17.7. The highest BCUT2D eigenvalue weighted by Crippen LogP contribution is 2.40. The Hall–Kier alpha value is -0.260. The largest absolute Gasteiger partial charge is 0.103 e. The molecule has 0 nitrogen and oxygen atoms in total. The fourth-order valence-corrected chi connectivity index (χ4v) is 2.77. The molecule has 1 fully saturated rings. The van der Waals surface area contributed by atoms with Crippen molar-refractivity contribution in [2.45, 2.75) is 107 Å². The maximum atomic E-state index is 3.48. The maximum Gasteiger partial charge on any atom is -0.0382 e. The third-order valence-corrected chi connectivity index (χ3v) is 3.92. The lowest BCUT2D eigenvalue weighted by Crippen LogP contribution is -2.00. The zero-order valence-corrected chi connectivity index (χ0v) is 16.7. The van der Waals surface area contributed by atoms with Crippen molar-refractivity contribution in [2.75, 3.05) is 0 Å². The molecule has 21 heavy (non-hydrogen) atoms. The van der Waals surface area contributed by atoms with Gasteiger partial charge in [-0.2, -0.15) is 0 Å². The second kappa shape index (κ2) is 22.0. The molecule has 0 aromatic carbocycles. The average Bonchev–Trinajstić information content (AvgIpc) is 2.88. The van der Waals surface area contributed by atoms with E-state index in [1.165, 1.54) is 44.9 Å². The molecule has 0 bridgehead atoms. The van der Waals surface area contributed by atoms with Gasteiger partial charge in [-0.3, -0.25) is 0 Å². The number of hydrogen-bond donors (Lipinski definition) is 0. The standard InChI is InChI=1S/C12H24.C4H8.C3H8.C2H6/c1-4-6-7-11-8-10(3)12(5-2)9-11;1-3-4-2;1-3-2;1-2/h10-12H,4-9H2,1-3H3;3H,1,4H2,2H3;3H2,1-2H3;1-2H3. The van der Waals surface area contributed by atoms with Gasteiger partial charge in [0, 0.05) is 0 Å². The van der Waals surface area contributed by atoms with Crippen molar-refractivity contribution >= 4 is 0 Å². The summed E-state index contributed by atoms with van der Waals surface area (Å²) in [6, 6.07) is 0. The summed E-state index contributed by atoms with van der Waals surface area (Å²) in [6.45, 7) is 20.9. The van der Waals surface area contributed by atoms with Gasteiger partial charge in [-0.25, -0.2) is 0 Å². The minimum absolute atomic E-state index is 1.01. The lowest BCUT2D eigenvalue weighted by Gasteiger charge is -2.10. The lowest BCUT2D eigenvalue weighted by atomic mass is 9.96. The fourth-order valence-electron chi connectivity index (χ4n) is 2.77. The molecule has 1 rings (SSSR count). The van der Waals surface area contributed by atoms with Gasteiger partial charge in [-0.1, -0.05) is 93.6 Å². The van der Waals surface area contributed by atoms with Crippen LogP contribution in [0.15, 0.2) is 12.7 Å². The Kier molecular flexibility index (Phi) is 26.9. The Morgan fingerprint density at radius 2 is 1.48 bits per heavy atom. The molecule has 3 atom stereocenters. The zero-order valence-electron chi connectivity index (χ0n) is 16.7. The van der Waals surface area contributed by atoms with E-state index in [9.17, 15) is 0 Å². The molecule has 1 saturated carbocycles. The van der Waals surface area contributed by atoms with E-state index in [0.717, 1.165) is 24.2 Å². The van der Waals surface area contributed by atoms with Crippen LogP contribution in [0.4, 0.5) is 0 Å². The summed E-state index contributed by atoms with van der Waals surface area (Å²) in [7, 11) is 0. The molecule has 0 N–H and O–H groups in total. The summed E-state index contributed by atoms with van der Waals surface area (Å²) in [4.78, 5) is 0. The molecule has 3 unspecified atom stereocenters. The van der Waals surface area contributed by atoms with E-state index in [0.29, 0.717) is 0 Å². The van der Waals surface area contributed by atoms with Gasteiger partial charge in [-0.15, -0.1) is 6.58 Å². The van der Waals surface area contributed by atoms with E-state index in [1.807, 2.05) is 19.9 Å². The van der Waals surface area contributed by atoms with Gasteiger partial charge in [0.2, 0.25) is 0 Å². The first-order valence-electron chi connectivity index (χ1n) is 9.71. The van der Waals surface area contributed by atoms with Crippen LogP contribution in [-0.2, 0) is 0 Å². The average molecular weight is 299 g/mol. The second-order valence-electron chi connectivity index (χ2n) is 6.03. The van der Waals surface area contributed by atoms with Crippen LogP contribution in [0.25, 0.3) is 0 Å². The Balaban J connectivity index is -0.000000301. The molecule has 0 aliphatic heterocycles. The van der Waals surface area contributed by atoms with Crippen LogP contribution in [0.2, 0.25) is 0 Å². The van der Waals surface area contributed by atoms with Gasteiger partial charge in [0.1, 0.15) is 0 Å². The number of hydrogen-bond acceptors (Lipinski definition) is 0. The number of unbranched alkanes of at least 4 members (excludes halogenated alkanes) is 1. The first-order chi connectivity index (χ1) is 10.1. The van der Waals surface area contributed by atoms with E-state index in [4.69, 9.17) is 0 Å². The molecule has 1 aliphatic carbocycles. The van der Waals surface area contributed by atoms with Gasteiger partial charge in [0.05, 0.1) is 0 Å². The predicted octanol–water partition coefficient (Wildman–Crippen LogP) is 8.27. The van der Waals surface area contributed by atoms with Crippen molar-refractivity contribution in [3.8, 4) is 0 Å². The normalized spacial score (nSPS) is 22.8. The van der Waals surface area contributed by atoms with Gasteiger partial charge in [-0.05, 0) is 37.0 Å². The van der Waals surface area contributed by atoms with Crippen LogP contribution in [0.1, 0.15) is 107 Å². The second-order valence-corrected chi connectivity index (χ2v) is 6.03. The summed E-state index contributed by atoms with van der Waals surface area (Å²) in [6.07, 6.45) is 13.0. The highest BCUT2D eigenvalue weighted by atomic mass is 14.3. The van der Waals surface area contributed by atoms with Crippen molar-refractivity contribution in [1.29, 1.82) is 0 Å². The fraction of sp³-hybridized carbons (Fsp3) is 0.905. The minimum atomic E-state index is 1.01. The van der Waals surface area contributed by atoms with E-state index in [1.54, 1.807) is 0 Å². The molecule has 1 aliphatic rings. The number of rotatable bonds is 5. The Bertz CT molecular complexity index is 171. The maximum absolute atomic E-state index is 3.48. The molecule has 0 heterocycles. The van der Waals surface area contributed by atoms with E-state index in [2.05, 4.69) is 48.1 Å². The van der Waals surface area contributed by atoms with Crippen LogP contribution >= 0.6 is 0 Å². The molecule has 0 amide bonds. The Morgan fingerprint density at radius 1 is 1.00 bits per heavy atom. The lowest BCUT2D eigenvalue weighted by molar-refractivity contribution is 0.405. The van der Waals surface area contributed by atoms with Crippen LogP contribution < -0.4 is 0 Å². The van der Waals surface area contributed by atoms with Gasteiger partial charge in [0.15, 0.2) is 0 Å². The number of allylic oxidation sites excluding steroid dienone is 1. The van der Waals surface area contributed by atoms with Crippen LogP contribution in [0.3, 0.4) is 0 Å². The van der Waals surface area contributed by atoms with E-state index < -0.39 is 0 Å². The molecular formula is C21H46. The van der Waals surface area contributed by atoms with Crippen LogP contribution in [-0.4, -0.2) is 0 Å². The SMILES string of the molecule is C=CCC.CC.CCC.CCCCC1CC(C)C(CC)C1. The van der Waals surface area contributed by atoms with Crippen molar-refractivity contribution in [2.24, 2.45) is 17.8 Å². The van der Waals surface area contributed by atoms with Gasteiger partial charge < -0.3 is 0 Å². The van der Waals surface area contributed by atoms with Crippen molar-refractivity contribution in [1.82, 2.24) is 0 Å². The van der Waals surface area contributed by atoms with E-state index in [-0.39, 0.29) is 0 Å². The van der Waals surface area contributed by atoms with Gasteiger partial charge in [0.25, 0.3) is 0 Å². The van der Waals surface area contributed by atoms with Crippen molar-refractivity contribution < 1.29 is 0 Å². The molecule has 0 spiro atoms. The highest BCUT2D eigenvalue weighted by Gasteiger charge is 2.28. The summed E-state index contributed by atoms with van der Waals surface area (Å²) >= 11 is 0. The molecule has 0 saturated heterocycles. The highest BCUT2D eigenvalue weighted by molar-refractivity contribution is 4.79. The first-order valence-corrected chi connectivity index (χ1v) is 9.71. The van der Waals surface area contributed by atoms with Gasteiger partial charge >= 0.3 is 0 Å². The molecule has 0 radical (unpaired) electrons. The molecule has 0 aromatic heterocycles.